The molecule has 0 unspecified atom stereocenters. The van der Waals surface area contributed by atoms with Crippen LogP contribution in [0.3, 0.4) is 0 Å². The highest BCUT2D eigenvalue weighted by Gasteiger charge is 2.85. The number of carbonyl (C=O) groups is 1. The van der Waals surface area contributed by atoms with Crippen molar-refractivity contribution in [3.63, 3.8) is 0 Å². The number of aromatic nitrogens is 3. The van der Waals surface area contributed by atoms with Gasteiger partial charge < -0.3 is 9.47 Å². The molecule has 4 rings (SSSR count). The van der Waals surface area contributed by atoms with Gasteiger partial charge in [-0.05, 0) is 45.7 Å². The van der Waals surface area contributed by atoms with Crippen molar-refractivity contribution >= 4 is 17.6 Å². The third kappa shape index (κ3) is 3.05. The molecule has 2 aromatic heterocycles. The maximum Gasteiger partial charge on any atom is 0.341 e. The maximum absolute atomic E-state index is 13.6. The normalized spacial score (nSPS) is 26.2. The van der Waals surface area contributed by atoms with E-state index in [1.165, 1.54) is 4.68 Å². The number of nitrogens with zero attached hydrogens (tertiary/aromatic N) is 3. The first-order valence-corrected chi connectivity index (χ1v) is 8.76. The quantitative estimate of drug-likeness (QED) is 0.584. The van der Waals surface area contributed by atoms with E-state index in [1.807, 2.05) is 0 Å². The lowest BCUT2D eigenvalue weighted by atomic mass is 10.2. The molecule has 2 fully saturated rings. The summed E-state index contributed by atoms with van der Waals surface area (Å²) >= 11 is 6.13. The number of hydrogen-bond donors (Lipinski definition) is 0. The van der Waals surface area contributed by atoms with Crippen LogP contribution in [-0.4, -0.2) is 38.6 Å². The van der Waals surface area contributed by atoms with Crippen LogP contribution in [0.15, 0.2) is 24.4 Å². The smallest absolute Gasteiger partial charge is 0.341 e. The van der Waals surface area contributed by atoms with Crippen molar-refractivity contribution in [3.8, 4) is 11.7 Å². The first-order chi connectivity index (χ1) is 12.1. The van der Waals surface area contributed by atoms with Crippen molar-refractivity contribution in [2.45, 2.75) is 44.9 Å². The lowest BCUT2D eigenvalue weighted by Gasteiger charge is -2.19. The molecule has 2 heterocycles. The average molecular weight is 380 g/mol. The lowest BCUT2D eigenvalue weighted by Crippen LogP contribution is -2.24. The highest BCUT2D eigenvalue weighted by Crippen LogP contribution is 2.81. The Morgan fingerprint density at radius 1 is 1.35 bits per heavy atom. The largest absolute Gasteiger partial charge is 0.476 e. The number of pyridine rings is 1. The molecule has 2 aliphatic carbocycles. The van der Waals surface area contributed by atoms with Gasteiger partial charge in [0.25, 0.3) is 0 Å². The van der Waals surface area contributed by atoms with Crippen LogP contribution in [0.5, 0.6) is 5.88 Å². The van der Waals surface area contributed by atoms with E-state index in [-0.39, 0.29) is 16.1 Å². The molecule has 6 nitrogen and oxygen atoms in total. The summed E-state index contributed by atoms with van der Waals surface area (Å²) in [5.74, 6) is 0.302. The van der Waals surface area contributed by atoms with E-state index in [9.17, 15) is 9.18 Å². The molecule has 2 aliphatic rings. The Hall–Kier alpha value is -2.15. The van der Waals surface area contributed by atoms with Gasteiger partial charge in [0.15, 0.2) is 5.82 Å². The summed E-state index contributed by atoms with van der Waals surface area (Å²) in [5, 5.41) is 4.30. The molecule has 0 amide bonds. The molecule has 0 radical (unpaired) electrons. The summed E-state index contributed by atoms with van der Waals surface area (Å²) in [6, 6.07) is 4.85. The van der Waals surface area contributed by atoms with E-state index in [4.69, 9.17) is 21.1 Å². The number of alkyl halides is 1. The summed E-state index contributed by atoms with van der Waals surface area (Å²) in [5.41, 5.74) is -1.68. The SMILES string of the molecule is CC(C)(C)OC(=O)c1ccc(-n2ccc(OCC34CC3(F)C4)n2)nc1Cl. The van der Waals surface area contributed by atoms with Crippen molar-refractivity contribution < 1.29 is 18.7 Å². The van der Waals surface area contributed by atoms with Crippen LogP contribution in [0, 0.1) is 5.41 Å². The number of carbonyl (C=O) groups excluding carboxylic acids is 1. The van der Waals surface area contributed by atoms with Crippen molar-refractivity contribution in [3.05, 3.63) is 35.1 Å². The molecule has 0 aromatic carbocycles. The van der Waals surface area contributed by atoms with E-state index in [0.717, 1.165) is 0 Å². The molecule has 0 atom stereocenters. The Morgan fingerprint density at radius 2 is 2.04 bits per heavy atom. The van der Waals surface area contributed by atoms with Gasteiger partial charge in [0.2, 0.25) is 5.88 Å². The Labute approximate surface area is 155 Å². The second-order valence-corrected chi connectivity index (χ2v) is 8.35. The fraction of sp³-hybridized carbons (Fsp3) is 0.500. The number of ether oxygens (including phenoxy) is 2. The minimum atomic E-state index is -0.984. The van der Waals surface area contributed by atoms with Crippen molar-refractivity contribution in [2.75, 3.05) is 6.61 Å². The van der Waals surface area contributed by atoms with E-state index < -0.39 is 17.2 Å². The monoisotopic (exact) mass is 379 g/mol. The molecule has 2 saturated carbocycles. The number of halogens is 2. The van der Waals surface area contributed by atoms with Crippen LogP contribution in [0.4, 0.5) is 4.39 Å². The van der Waals surface area contributed by atoms with Crippen LogP contribution >= 0.6 is 11.6 Å². The van der Waals surface area contributed by atoms with E-state index in [2.05, 4.69) is 10.1 Å². The Bertz CT molecular complexity index is 884. The van der Waals surface area contributed by atoms with E-state index >= 15 is 0 Å². The van der Waals surface area contributed by atoms with Crippen LogP contribution in [0.1, 0.15) is 44.0 Å². The van der Waals surface area contributed by atoms with Crippen molar-refractivity contribution in [1.29, 1.82) is 0 Å². The molecule has 0 bridgehead atoms. The molecule has 2 aromatic rings. The minimum Gasteiger partial charge on any atom is -0.476 e. The third-order valence-corrected chi connectivity index (χ3v) is 4.97. The molecule has 0 spiro atoms. The van der Waals surface area contributed by atoms with Gasteiger partial charge in [-0.15, -0.1) is 5.10 Å². The molecular weight excluding hydrogens is 361 g/mol. The van der Waals surface area contributed by atoms with E-state index in [1.54, 1.807) is 45.2 Å². The number of esters is 1. The van der Waals surface area contributed by atoms with Crippen LogP contribution in [-0.2, 0) is 4.74 Å². The van der Waals surface area contributed by atoms with Gasteiger partial charge in [-0.1, -0.05) is 11.6 Å². The summed E-state index contributed by atoms with van der Waals surface area (Å²) in [4.78, 5) is 16.3. The number of fused-ring (bicyclic) bond motifs is 1. The second-order valence-electron chi connectivity index (χ2n) is 8.00. The molecule has 0 aliphatic heterocycles. The zero-order valence-corrected chi connectivity index (χ0v) is 15.5. The minimum absolute atomic E-state index is 0.0341. The summed E-state index contributed by atoms with van der Waals surface area (Å²) in [7, 11) is 0. The third-order valence-electron chi connectivity index (χ3n) is 4.69. The van der Waals surface area contributed by atoms with Crippen LogP contribution in [0.25, 0.3) is 5.82 Å². The van der Waals surface area contributed by atoms with Crippen molar-refractivity contribution in [1.82, 2.24) is 14.8 Å². The second kappa shape index (κ2) is 5.42. The topological polar surface area (TPSA) is 66.2 Å². The van der Waals surface area contributed by atoms with Gasteiger partial charge in [-0.2, -0.15) is 0 Å². The van der Waals surface area contributed by atoms with Gasteiger partial charge in [-0.3, -0.25) is 0 Å². The predicted octanol–water partition coefficient (Wildman–Crippen LogP) is 3.76. The van der Waals surface area contributed by atoms with Crippen molar-refractivity contribution in [2.24, 2.45) is 5.41 Å². The maximum atomic E-state index is 13.6. The van der Waals surface area contributed by atoms with Gasteiger partial charge in [-0.25, -0.2) is 18.9 Å². The zero-order chi connectivity index (χ0) is 18.7. The highest BCUT2D eigenvalue weighted by atomic mass is 35.5. The first kappa shape index (κ1) is 17.3. The van der Waals surface area contributed by atoms with Crippen LogP contribution in [0.2, 0.25) is 5.15 Å². The Morgan fingerprint density at radius 3 is 2.62 bits per heavy atom. The molecule has 138 valence electrons. The first-order valence-electron chi connectivity index (χ1n) is 8.39. The van der Waals surface area contributed by atoms with Gasteiger partial charge in [0.1, 0.15) is 16.4 Å². The van der Waals surface area contributed by atoms with Gasteiger partial charge in [0, 0.05) is 17.7 Å². The number of rotatable bonds is 5. The summed E-state index contributed by atoms with van der Waals surface area (Å²) in [6.07, 6.45) is 2.84. The van der Waals surface area contributed by atoms with Gasteiger partial charge in [0.05, 0.1) is 12.2 Å². The van der Waals surface area contributed by atoms with Gasteiger partial charge >= 0.3 is 5.97 Å². The molecular formula is C18H19ClFN3O3. The Balaban J connectivity index is 1.45. The molecule has 0 saturated heterocycles. The molecule has 0 N–H and O–H groups in total. The standard InChI is InChI=1S/C18H19ClFN3O3/c1-16(2,3)26-15(24)11-4-5-12(21-14(11)19)23-7-6-13(22-23)25-10-17-8-18(17,20)9-17/h4-7H,8-10H2,1-3H3. The zero-order valence-electron chi connectivity index (χ0n) is 14.8. The predicted molar refractivity (Wildman–Crippen MR) is 92.5 cm³/mol. The highest BCUT2D eigenvalue weighted by molar-refractivity contribution is 6.32. The molecule has 26 heavy (non-hydrogen) atoms. The molecule has 8 heteroatoms. The number of hydrogen-bond acceptors (Lipinski definition) is 5. The summed E-state index contributed by atoms with van der Waals surface area (Å²) < 4.78 is 26.0. The van der Waals surface area contributed by atoms with Crippen LogP contribution < -0.4 is 4.74 Å². The summed E-state index contributed by atoms with van der Waals surface area (Å²) in [6.45, 7) is 5.68. The average Bonchev–Trinajstić information content (AvgIpc) is 3.16. The Kier molecular flexibility index (Phi) is 3.60. The fourth-order valence-corrected chi connectivity index (χ4v) is 3.15. The van der Waals surface area contributed by atoms with E-state index in [0.29, 0.717) is 31.1 Å². The lowest BCUT2D eigenvalue weighted by molar-refractivity contribution is 0.00693. The fourth-order valence-electron chi connectivity index (χ4n) is 2.93.